The molecule has 0 unspecified atom stereocenters. The van der Waals surface area contributed by atoms with Crippen LogP contribution in [0, 0.1) is 6.92 Å². The second-order valence-corrected chi connectivity index (χ2v) is 8.03. The highest BCUT2D eigenvalue weighted by Gasteiger charge is 2.19. The molecule has 0 aliphatic rings. The lowest BCUT2D eigenvalue weighted by molar-refractivity contribution is 0.594. The van der Waals surface area contributed by atoms with Crippen LogP contribution >= 0.6 is 0 Å². The van der Waals surface area contributed by atoms with Crippen LogP contribution in [0.15, 0.2) is 88.6 Å². The molecule has 6 nitrogen and oxygen atoms in total. The monoisotopic (exact) mass is 391 g/mol. The fourth-order valence-electron chi connectivity index (χ4n) is 2.89. The van der Waals surface area contributed by atoms with E-state index in [1.807, 2.05) is 13.0 Å². The molecule has 0 aliphatic carbocycles. The Labute approximate surface area is 162 Å². The largest absolute Gasteiger partial charge is 0.281 e. The van der Waals surface area contributed by atoms with Gasteiger partial charge in [-0.2, -0.15) is 13.1 Å². The molecule has 0 spiro atoms. The molecule has 28 heavy (non-hydrogen) atoms. The second kappa shape index (κ2) is 6.94. The third kappa shape index (κ3) is 3.27. The van der Waals surface area contributed by atoms with E-state index in [-0.39, 0.29) is 10.7 Å². The Bertz CT molecular complexity index is 1310. The minimum Gasteiger partial charge on any atom is -0.267 e. The molecule has 0 bridgehead atoms. The van der Waals surface area contributed by atoms with Gasteiger partial charge in [0.05, 0.1) is 15.8 Å². The van der Waals surface area contributed by atoms with Crippen molar-refractivity contribution >= 4 is 20.9 Å². The first-order valence-electron chi connectivity index (χ1n) is 8.62. The van der Waals surface area contributed by atoms with E-state index in [1.54, 1.807) is 60.7 Å². The fraction of sp³-hybridized carbons (Fsp3) is 0.0476. The topological polar surface area (TPSA) is 81.1 Å². The molecule has 1 N–H and O–H groups in total. The molecular formula is C21H17N3O3S. The summed E-state index contributed by atoms with van der Waals surface area (Å²) in [5.41, 5.74) is 1.57. The molecule has 0 saturated carbocycles. The normalized spacial score (nSPS) is 11.5. The average molecular weight is 391 g/mol. The summed E-state index contributed by atoms with van der Waals surface area (Å²) in [5.74, 6) is 0.222. The van der Waals surface area contributed by atoms with Crippen LogP contribution in [-0.2, 0) is 10.0 Å². The van der Waals surface area contributed by atoms with Crippen molar-refractivity contribution in [2.45, 2.75) is 11.8 Å². The minimum absolute atomic E-state index is 0.0668. The number of para-hydroxylation sites is 1. The number of fused-ring (bicyclic) bond motifs is 1. The highest BCUT2D eigenvalue weighted by Crippen LogP contribution is 2.19. The number of hydrogen-bond donors (Lipinski definition) is 1. The van der Waals surface area contributed by atoms with Gasteiger partial charge < -0.3 is 0 Å². The van der Waals surface area contributed by atoms with Gasteiger partial charge in [0.1, 0.15) is 0 Å². The van der Waals surface area contributed by atoms with E-state index in [1.165, 1.54) is 12.1 Å². The van der Waals surface area contributed by atoms with Crippen molar-refractivity contribution in [3.63, 3.8) is 0 Å². The molecule has 1 aromatic heterocycles. The van der Waals surface area contributed by atoms with E-state index in [0.29, 0.717) is 16.5 Å². The second-order valence-electron chi connectivity index (χ2n) is 6.37. The number of rotatable bonds is 4. The standard InChI is InChI=1S/C21H17N3O3S/c1-15-11-13-17(14-12-15)28(26,27)23-24-20(16-7-3-2-4-8-16)22-19-10-6-5-9-18(19)21(24)25/h2-14,23H,1H3. The van der Waals surface area contributed by atoms with E-state index < -0.39 is 15.6 Å². The zero-order valence-corrected chi connectivity index (χ0v) is 15.8. The van der Waals surface area contributed by atoms with Crippen molar-refractivity contribution in [3.8, 4) is 11.4 Å². The predicted octanol–water partition coefficient (Wildman–Crippen LogP) is 3.30. The van der Waals surface area contributed by atoms with E-state index in [9.17, 15) is 13.2 Å². The number of nitrogens with zero attached hydrogens (tertiary/aromatic N) is 2. The Kier molecular flexibility index (Phi) is 4.44. The smallest absolute Gasteiger partial charge is 0.267 e. The zero-order valence-electron chi connectivity index (χ0n) is 15.0. The number of sulfonamides is 1. The first-order valence-corrected chi connectivity index (χ1v) is 10.1. The Morgan fingerprint density at radius 1 is 0.857 bits per heavy atom. The van der Waals surface area contributed by atoms with Gasteiger partial charge in [0, 0.05) is 5.56 Å². The van der Waals surface area contributed by atoms with E-state index in [2.05, 4.69) is 9.82 Å². The molecular weight excluding hydrogens is 374 g/mol. The minimum atomic E-state index is -3.98. The summed E-state index contributed by atoms with van der Waals surface area (Å²) >= 11 is 0. The van der Waals surface area contributed by atoms with E-state index >= 15 is 0 Å². The summed E-state index contributed by atoms with van der Waals surface area (Å²) in [6, 6.07) is 22.2. The number of aryl methyl sites for hydroxylation is 1. The predicted molar refractivity (Wildman–Crippen MR) is 109 cm³/mol. The molecule has 0 fully saturated rings. The highest BCUT2D eigenvalue weighted by atomic mass is 32.2. The van der Waals surface area contributed by atoms with Gasteiger partial charge in [-0.25, -0.2) is 9.82 Å². The van der Waals surface area contributed by atoms with Crippen molar-refractivity contribution in [2.24, 2.45) is 0 Å². The van der Waals surface area contributed by atoms with Gasteiger partial charge in [0.25, 0.3) is 15.6 Å². The van der Waals surface area contributed by atoms with Gasteiger partial charge in [0.15, 0.2) is 5.82 Å². The lowest BCUT2D eigenvalue weighted by atomic mass is 10.2. The highest BCUT2D eigenvalue weighted by molar-refractivity contribution is 7.92. The molecule has 0 aliphatic heterocycles. The van der Waals surface area contributed by atoms with Crippen LogP contribution in [0.2, 0.25) is 0 Å². The summed E-state index contributed by atoms with van der Waals surface area (Å²) in [4.78, 5) is 20.1. The molecule has 4 aromatic rings. The van der Waals surface area contributed by atoms with E-state index in [4.69, 9.17) is 0 Å². The lowest BCUT2D eigenvalue weighted by Crippen LogP contribution is -2.35. The Morgan fingerprint density at radius 3 is 2.21 bits per heavy atom. The van der Waals surface area contributed by atoms with Crippen molar-refractivity contribution in [1.82, 2.24) is 9.66 Å². The first-order chi connectivity index (χ1) is 13.5. The summed E-state index contributed by atoms with van der Waals surface area (Å²) in [6.07, 6.45) is 0. The average Bonchev–Trinajstić information content (AvgIpc) is 2.71. The van der Waals surface area contributed by atoms with E-state index in [0.717, 1.165) is 10.2 Å². The number of nitrogens with one attached hydrogen (secondary N) is 1. The van der Waals surface area contributed by atoms with Gasteiger partial charge >= 0.3 is 0 Å². The van der Waals surface area contributed by atoms with Gasteiger partial charge in [-0.05, 0) is 31.2 Å². The zero-order chi connectivity index (χ0) is 19.7. The molecule has 4 rings (SSSR count). The van der Waals surface area contributed by atoms with Gasteiger partial charge in [0.2, 0.25) is 0 Å². The van der Waals surface area contributed by atoms with Crippen LogP contribution in [0.4, 0.5) is 0 Å². The molecule has 0 amide bonds. The first kappa shape index (κ1) is 17.9. The van der Waals surface area contributed by atoms with Crippen LogP contribution in [0.5, 0.6) is 0 Å². The maximum Gasteiger partial charge on any atom is 0.281 e. The summed E-state index contributed by atoms with van der Waals surface area (Å²) in [7, 11) is -3.98. The van der Waals surface area contributed by atoms with Crippen LogP contribution in [0.25, 0.3) is 22.3 Å². The maximum absolute atomic E-state index is 13.1. The van der Waals surface area contributed by atoms with Crippen molar-refractivity contribution in [1.29, 1.82) is 0 Å². The fourth-order valence-corrected chi connectivity index (χ4v) is 3.90. The number of benzene rings is 3. The van der Waals surface area contributed by atoms with Crippen LogP contribution in [-0.4, -0.2) is 18.1 Å². The van der Waals surface area contributed by atoms with Gasteiger partial charge in [-0.15, -0.1) is 0 Å². The Morgan fingerprint density at radius 2 is 1.50 bits per heavy atom. The van der Waals surface area contributed by atoms with Crippen molar-refractivity contribution in [3.05, 3.63) is 94.8 Å². The quantitative estimate of drug-likeness (QED) is 0.579. The third-order valence-corrected chi connectivity index (χ3v) is 5.67. The lowest BCUT2D eigenvalue weighted by Gasteiger charge is -2.16. The summed E-state index contributed by atoms with van der Waals surface area (Å²) in [6.45, 7) is 1.87. The SMILES string of the molecule is Cc1ccc(S(=O)(=O)Nn2c(-c3ccccc3)nc3ccccc3c2=O)cc1. The Balaban J connectivity index is 1.93. The molecule has 0 saturated heterocycles. The Hall–Kier alpha value is -3.45. The maximum atomic E-state index is 13.1. The van der Waals surface area contributed by atoms with Crippen molar-refractivity contribution < 1.29 is 8.42 Å². The molecule has 3 aromatic carbocycles. The number of aromatic nitrogens is 2. The molecule has 0 radical (unpaired) electrons. The molecule has 7 heteroatoms. The van der Waals surface area contributed by atoms with Gasteiger partial charge in [-0.3, -0.25) is 4.79 Å². The van der Waals surface area contributed by atoms with Crippen molar-refractivity contribution in [2.75, 3.05) is 4.83 Å². The van der Waals surface area contributed by atoms with Gasteiger partial charge in [-0.1, -0.05) is 60.2 Å². The molecule has 0 atom stereocenters. The summed E-state index contributed by atoms with van der Waals surface area (Å²) < 4.78 is 26.8. The number of hydrogen-bond acceptors (Lipinski definition) is 4. The summed E-state index contributed by atoms with van der Waals surface area (Å²) in [5, 5.41) is 0.328. The molecule has 1 heterocycles. The third-order valence-electron chi connectivity index (χ3n) is 4.35. The molecule has 140 valence electrons. The van der Waals surface area contributed by atoms with Crippen LogP contribution in [0.3, 0.4) is 0 Å². The van der Waals surface area contributed by atoms with Crippen LogP contribution < -0.4 is 10.4 Å². The van der Waals surface area contributed by atoms with Crippen LogP contribution in [0.1, 0.15) is 5.56 Å².